The van der Waals surface area contributed by atoms with E-state index in [9.17, 15) is 14.7 Å². The molecule has 6 nitrogen and oxygen atoms in total. The van der Waals surface area contributed by atoms with E-state index in [1.807, 2.05) is 6.07 Å². The SMILES string of the molecule is CC(=O)Nc1sc(C(C)=NO)c(-c2ccccc2)c1C(=O)O. The maximum atomic E-state index is 11.7. The monoisotopic (exact) mass is 318 g/mol. The molecule has 1 amide bonds. The molecule has 22 heavy (non-hydrogen) atoms. The van der Waals surface area contributed by atoms with Gasteiger partial charge in [0.25, 0.3) is 0 Å². The van der Waals surface area contributed by atoms with Crippen molar-refractivity contribution in [2.75, 3.05) is 5.32 Å². The normalized spacial score (nSPS) is 11.3. The summed E-state index contributed by atoms with van der Waals surface area (Å²) >= 11 is 1.07. The molecule has 1 aromatic carbocycles. The van der Waals surface area contributed by atoms with Gasteiger partial charge in [-0.25, -0.2) is 4.79 Å². The molecule has 0 fully saturated rings. The first kappa shape index (κ1) is 15.7. The van der Waals surface area contributed by atoms with Gasteiger partial charge in [-0.05, 0) is 12.5 Å². The fourth-order valence-corrected chi connectivity index (χ4v) is 3.26. The summed E-state index contributed by atoms with van der Waals surface area (Å²) in [5, 5.41) is 24.5. The highest BCUT2D eigenvalue weighted by Crippen LogP contribution is 2.40. The largest absolute Gasteiger partial charge is 0.478 e. The number of hydrogen-bond donors (Lipinski definition) is 3. The van der Waals surface area contributed by atoms with Crippen molar-refractivity contribution in [3.8, 4) is 11.1 Å². The fourth-order valence-electron chi connectivity index (χ4n) is 2.06. The van der Waals surface area contributed by atoms with Crippen LogP contribution in [0.2, 0.25) is 0 Å². The van der Waals surface area contributed by atoms with E-state index < -0.39 is 5.97 Å². The van der Waals surface area contributed by atoms with Crippen LogP contribution in [-0.2, 0) is 4.79 Å². The molecule has 0 spiro atoms. The molecule has 0 aliphatic rings. The third kappa shape index (κ3) is 2.99. The lowest BCUT2D eigenvalue weighted by Crippen LogP contribution is -2.09. The topological polar surface area (TPSA) is 99.0 Å². The highest BCUT2D eigenvalue weighted by atomic mass is 32.1. The summed E-state index contributed by atoms with van der Waals surface area (Å²) in [6.07, 6.45) is 0. The summed E-state index contributed by atoms with van der Waals surface area (Å²) in [6.45, 7) is 2.88. The van der Waals surface area contributed by atoms with Gasteiger partial charge in [0, 0.05) is 12.5 Å². The number of benzene rings is 1. The van der Waals surface area contributed by atoms with Crippen LogP contribution in [0.3, 0.4) is 0 Å². The highest BCUT2D eigenvalue weighted by molar-refractivity contribution is 7.19. The number of hydrogen-bond acceptors (Lipinski definition) is 5. The van der Waals surface area contributed by atoms with E-state index in [-0.39, 0.29) is 22.2 Å². The summed E-state index contributed by atoms with van der Waals surface area (Å²) in [7, 11) is 0. The number of amides is 1. The smallest absolute Gasteiger partial charge is 0.339 e. The molecular weight excluding hydrogens is 304 g/mol. The Hall–Kier alpha value is -2.67. The molecule has 3 N–H and O–H groups in total. The highest BCUT2D eigenvalue weighted by Gasteiger charge is 2.26. The molecule has 0 saturated carbocycles. The second kappa shape index (κ2) is 6.40. The third-order valence-electron chi connectivity index (χ3n) is 2.95. The Balaban J connectivity index is 2.79. The van der Waals surface area contributed by atoms with Crippen LogP contribution < -0.4 is 5.32 Å². The number of nitrogens with zero attached hydrogens (tertiary/aromatic N) is 1. The van der Waals surface area contributed by atoms with Crippen molar-refractivity contribution in [1.82, 2.24) is 0 Å². The number of carboxylic acid groups (broad SMARTS) is 1. The number of rotatable bonds is 4. The van der Waals surface area contributed by atoms with Crippen LogP contribution in [0.25, 0.3) is 11.1 Å². The van der Waals surface area contributed by atoms with Crippen LogP contribution in [0.5, 0.6) is 0 Å². The Bertz CT molecular complexity index is 750. The van der Waals surface area contributed by atoms with Crippen molar-refractivity contribution in [3.63, 3.8) is 0 Å². The van der Waals surface area contributed by atoms with Gasteiger partial charge in [0.05, 0.1) is 10.6 Å². The number of carbonyl (C=O) groups is 2. The second-order valence-corrected chi connectivity index (χ2v) is 5.57. The summed E-state index contributed by atoms with van der Waals surface area (Å²) < 4.78 is 0. The van der Waals surface area contributed by atoms with Gasteiger partial charge in [-0.15, -0.1) is 11.3 Å². The van der Waals surface area contributed by atoms with E-state index in [1.54, 1.807) is 31.2 Å². The van der Waals surface area contributed by atoms with Gasteiger partial charge in [-0.3, -0.25) is 4.79 Å². The number of oxime groups is 1. The first-order chi connectivity index (χ1) is 10.5. The van der Waals surface area contributed by atoms with Crippen LogP contribution in [0.15, 0.2) is 35.5 Å². The second-order valence-electron chi connectivity index (χ2n) is 4.55. The molecule has 2 rings (SSSR count). The Kier molecular flexibility index (Phi) is 4.57. The zero-order valence-electron chi connectivity index (χ0n) is 12.0. The predicted molar refractivity (Wildman–Crippen MR) is 85.0 cm³/mol. The lowest BCUT2D eigenvalue weighted by atomic mass is 10.00. The first-order valence-corrected chi connectivity index (χ1v) is 7.19. The number of nitrogens with one attached hydrogen (secondary N) is 1. The van der Waals surface area contributed by atoms with Gasteiger partial charge in [-0.1, -0.05) is 35.5 Å². The summed E-state index contributed by atoms with van der Waals surface area (Å²) in [4.78, 5) is 23.5. The molecule has 114 valence electrons. The third-order valence-corrected chi connectivity index (χ3v) is 4.17. The maximum absolute atomic E-state index is 11.7. The molecule has 1 aromatic heterocycles. The molecule has 0 aliphatic carbocycles. The Labute approximate surface area is 130 Å². The van der Waals surface area contributed by atoms with Gasteiger partial charge >= 0.3 is 5.97 Å². The van der Waals surface area contributed by atoms with Crippen molar-refractivity contribution < 1.29 is 19.9 Å². The van der Waals surface area contributed by atoms with Crippen LogP contribution in [0, 0.1) is 0 Å². The number of carbonyl (C=O) groups excluding carboxylic acids is 1. The zero-order chi connectivity index (χ0) is 16.3. The zero-order valence-corrected chi connectivity index (χ0v) is 12.8. The summed E-state index contributed by atoms with van der Waals surface area (Å²) in [5.74, 6) is -1.52. The first-order valence-electron chi connectivity index (χ1n) is 6.37. The Morgan fingerprint density at radius 1 is 1.18 bits per heavy atom. The van der Waals surface area contributed by atoms with Crippen molar-refractivity contribution in [3.05, 3.63) is 40.8 Å². The lowest BCUT2D eigenvalue weighted by Gasteiger charge is -2.05. The minimum absolute atomic E-state index is 0.00981. The molecular formula is C15H14N2O4S. The van der Waals surface area contributed by atoms with Crippen molar-refractivity contribution in [2.45, 2.75) is 13.8 Å². The van der Waals surface area contributed by atoms with E-state index in [0.29, 0.717) is 16.0 Å². The molecule has 7 heteroatoms. The fraction of sp³-hybridized carbons (Fsp3) is 0.133. The van der Waals surface area contributed by atoms with Gasteiger partial charge < -0.3 is 15.6 Å². The molecule has 1 heterocycles. The van der Waals surface area contributed by atoms with Crippen molar-refractivity contribution in [2.24, 2.45) is 5.16 Å². The quantitative estimate of drug-likeness (QED) is 0.457. The van der Waals surface area contributed by atoms with Crippen LogP contribution in [0.1, 0.15) is 29.1 Å². The number of carboxylic acids is 1. The molecule has 0 radical (unpaired) electrons. The maximum Gasteiger partial charge on any atom is 0.339 e. The number of anilines is 1. The average molecular weight is 318 g/mol. The van der Waals surface area contributed by atoms with Gasteiger partial charge in [-0.2, -0.15) is 0 Å². The van der Waals surface area contributed by atoms with Gasteiger partial charge in [0.15, 0.2) is 0 Å². The Morgan fingerprint density at radius 2 is 1.82 bits per heavy atom. The minimum Gasteiger partial charge on any atom is -0.478 e. The summed E-state index contributed by atoms with van der Waals surface area (Å²) in [6, 6.07) is 8.91. The predicted octanol–water partition coefficient (Wildman–Crippen LogP) is 3.27. The van der Waals surface area contributed by atoms with Crippen molar-refractivity contribution in [1.29, 1.82) is 0 Å². The molecule has 2 aromatic rings. The standard InChI is InChI=1S/C15H14N2O4S/c1-8(17-21)13-11(10-6-4-3-5-7-10)12(15(19)20)14(22-13)16-9(2)18/h3-7,21H,1-2H3,(H,16,18)(H,19,20). The number of aromatic carboxylic acids is 1. The van der Waals surface area contributed by atoms with Gasteiger partial charge in [0.1, 0.15) is 10.6 Å². The Morgan fingerprint density at radius 3 is 2.32 bits per heavy atom. The van der Waals surface area contributed by atoms with Crippen LogP contribution in [-0.4, -0.2) is 27.9 Å². The molecule has 0 unspecified atom stereocenters. The summed E-state index contributed by atoms with van der Waals surface area (Å²) in [5.41, 5.74) is 1.37. The molecule has 0 atom stereocenters. The van der Waals surface area contributed by atoms with E-state index >= 15 is 0 Å². The van der Waals surface area contributed by atoms with E-state index in [2.05, 4.69) is 10.5 Å². The van der Waals surface area contributed by atoms with Crippen LogP contribution in [0.4, 0.5) is 5.00 Å². The van der Waals surface area contributed by atoms with Crippen molar-refractivity contribution >= 4 is 33.9 Å². The van der Waals surface area contributed by atoms with E-state index in [4.69, 9.17) is 5.21 Å². The van der Waals surface area contributed by atoms with E-state index in [0.717, 1.165) is 11.3 Å². The van der Waals surface area contributed by atoms with Gasteiger partial charge in [0.2, 0.25) is 5.91 Å². The van der Waals surface area contributed by atoms with Crippen LogP contribution >= 0.6 is 11.3 Å². The number of thiophene rings is 1. The molecule has 0 bridgehead atoms. The average Bonchev–Trinajstić information content (AvgIpc) is 2.85. The molecule has 0 saturated heterocycles. The lowest BCUT2D eigenvalue weighted by molar-refractivity contribution is -0.114. The van der Waals surface area contributed by atoms with E-state index in [1.165, 1.54) is 6.92 Å². The molecule has 0 aliphatic heterocycles. The minimum atomic E-state index is -1.16.